The van der Waals surface area contributed by atoms with E-state index in [9.17, 15) is 4.79 Å². The molecule has 1 fully saturated rings. The highest BCUT2D eigenvalue weighted by molar-refractivity contribution is 5.95. The quantitative estimate of drug-likeness (QED) is 0.812. The number of hydrogen-bond donors (Lipinski definition) is 2. The van der Waals surface area contributed by atoms with E-state index >= 15 is 0 Å². The minimum absolute atomic E-state index is 0.137. The summed E-state index contributed by atoms with van der Waals surface area (Å²) in [5, 5.41) is 3.02. The number of rotatable bonds is 2. The lowest BCUT2D eigenvalue weighted by molar-refractivity contribution is -0.126. The van der Waals surface area contributed by atoms with Gasteiger partial charge in [0.15, 0.2) is 0 Å². The molecule has 1 aromatic carbocycles. The number of carbonyl (C=O) groups is 1. The van der Waals surface area contributed by atoms with E-state index < -0.39 is 0 Å². The van der Waals surface area contributed by atoms with Crippen LogP contribution in [0.25, 0.3) is 0 Å². The minimum Gasteiger partial charge on any atom is -0.326 e. The molecule has 1 saturated carbocycles. The summed E-state index contributed by atoms with van der Waals surface area (Å²) >= 11 is 0. The summed E-state index contributed by atoms with van der Waals surface area (Å²) in [6, 6.07) is 7.60. The van der Waals surface area contributed by atoms with Gasteiger partial charge in [-0.2, -0.15) is 0 Å². The van der Waals surface area contributed by atoms with Crippen LogP contribution in [0.4, 0.5) is 5.69 Å². The average Bonchev–Trinajstić information content (AvgIpc) is 2.47. The molecular formula is C17H22N2O. The minimum atomic E-state index is -0.212. The van der Waals surface area contributed by atoms with Crippen molar-refractivity contribution < 1.29 is 4.79 Å². The Hall–Kier alpha value is -1.79. The molecule has 0 heterocycles. The van der Waals surface area contributed by atoms with Crippen molar-refractivity contribution in [3.05, 3.63) is 29.8 Å². The van der Waals surface area contributed by atoms with Crippen LogP contribution >= 0.6 is 0 Å². The number of anilines is 1. The van der Waals surface area contributed by atoms with Gasteiger partial charge in [-0.3, -0.25) is 4.79 Å². The predicted octanol–water partition coefficient (Wildman–Crippen LogP) is 2.91. The Labute approximate surface area is 120 Å². The van der Waals surface area contributed by atoms with Crippen molar-refractivity contribution in [3.63, 3.8) is 0 Å². The topological polar surface area (TPSA) is 55.1 Å². The second-order valence-electron chi connectivity index (χ2n) is 5.66. The van der Waals surface area contributed by atoms with Crippen LogP contribution in [0.3, 0.4) is 0 Å². The van der Waals surface area contributed by atoms with Gasteiger partial charge >= 0.3 is 0 Å². The van der Waals surface area contributed by atoms with Crippen LogP contribution in [0.1, 0.15) is 44.6 Å². The zero-order valence-electron chi connectivity index (χ0n) is 12.0. The molecule has 1 amide bonds. The third-order valence-corrected chi connectivity index (χ3v) is 3.98. The molecule has 106 valence electrons. The molecule has 0 aromatic heterocycles. The van der Waals surface area contributed by atoms with Crippen molar-refractivity contribution in [1.29, 1.82) is 0 Å². The summed E-state index contributed by atoms with van der Waals surface area (Å²) in [5.74, 6) is 5.92. The fraction of sp³-hybridized carbons (Fsp3) is 0.471. The van der Waals surface area contributed by atoms with Gasteiger partial charge in [0.2, 0.25) is 5.91 Å². The standard InChI is InChI=1S/C17H22N2O/c1-17(11-3-2-4-12-17)16(20)19-15-9-7-14(8-10-15)6-5-13-18/h7-10H,2-4,11-13,18H2,1H3,(H,19,20). The van der Waals surface area contributed by atoms with E-state index in [0.29, 0.717) is 6.54 Å². The maximum atomic E-state index is 12.4. The Balaban J connectivity index is 2.00. The fourth-order valence-corrected chi connectivity index (χ4v) is 2.63. The third kappa shape index (κ3) is 3.61. The maximum Gasteiger partial charge on any atom is 0.230 e. The first kappa shape index (κ1) is 14.6. The molecule has 2 rings (SSSR count). The monoisotopic (exact) mass is 270 g/mol. The van der Waals surface area contributed by atoms with Gasteiger partial charge in [-0.25, -0.2) is 0 Å². The summed E-state index contributed by atoms with van der Waals surface area (Å²) in [4.78, 5) is 12.4. The highest BCUT2D eigenvalue weighted by Crippen LogP contribution is 2.36. The van der Waals surface area contributed by atoms with Crippen LogP contribution in [0, 0.1) is 17.3 Å². The molecule has 1 aliphatic rings. The number of nitrogens with one attached hydrogen (secondary N) is 1. The molecule has 0 unspecified atom stereocenters. The van der Waals surface area contributed by atoms with E-state index in [1.807, 2.05) is 24.3 Å². The van der Waals surface area contributed by atoms with Gasteiger partial charge in [0.05, 0.1) is 6.54 Å². The lowest BCUT2D eigenvalue weighted by atomic mass is 9.75. The third-order valence-electron chi connectivity index (χ3n) is 3.98. The molecule has 3 heteroatoms. The highest BCUT2D eigenvalue weighted by atomic mass is 16.2. The van der Waals surface area contributed by atoms with E-state index in [4.69, 9.17) is 5.73 Å². The van der Waals surface area contributed by atoms with Gasteiger partial charge in [0.1, 0.15) is 0 Å². The SMILES string of the molecule is CC1(C(=O)Nc2ccc(C#CCN)cc2)CCCCC1. The number of hydrogen-bond acceptors (Lipinski definition) is 2. The fourth-order valence-electron chi connectivity index (χ4n) is 2.63. The molecule has 0 radical (unpaired) electrons. The van der Waals surface area contributed by atoms with Crippen molar-refractivity contribution in [1.82, 2.24) is 0 Å². The van der Waals surface area contributed by atoms with Gasteiger partial charge in [0.25, 0.3) is 0 Å². The molecule has 1 aromatic rings. The first-order valence-corrected chi connectivity index (χ1v) is 7.24. The summed E-state index contributed by atoms with van der Waals surface area (Å²) in [5.41, 5.74) is 6.87. The van der Waals surface area contributed by atoms with Crippen molar-refractivity contribution in [2.75, 3.05) is 11.9 Å². The lowest BCUT2D eigenvalue weighted by Gasteiger charge is -2.32. The van der Waals surface area contributed by atoms with Gasteiger partial charge in [-0.15, -0.1) is 0 Å². The molecule has 0 aliphatic heterocycles. The number of carbonyl (C=O) groups excluding carboxylic acids is 1. The van der Waals surface area contributed by atoms with Gasteiger partial charge in [-0.05, 0) is 37.1 Å². The van der Waals surface area contributed by atoms with Crippen molar-refractivity contribution in [3.8, 4) is 11.8 Å². The summed E-state index contributed by atoms with van der Waals surface area (Å²) in [7, 11) is 0. The summed E-state index contributed by atoms with van der Waals surface area (Å²) in [6.45, 7) is 2.43. The Kier molecular flexibility index (Phi) is 4.81. The predicted molar refractivity (Wildman–Crippen MR) is 82.2 cm³/mol. The highest BCUT2D eigenvalue weighted by Gasteiger charge is 2.34. The van der Waals surface area contributed by atoms with Crippen LogP contribution < -0.4 is 11.1 Å². The molecule has 3 nitrogen and oxygen atoms in total. The first-order valence-electron chi connectivity index (χ1n) is 7.24. The molecule has 0 bridgehead atoms. The van der Waals surface area contributed by atoms with Gasteiger partial charge < -0.3 is 11.1 Å². The van der Waals surface area contributed by atoms with Crippen LogP contribution in [0.15, 0.2) is 24.3 Å². The second kappa shape index (κ2) is 6.58. The second-order valence-corrected chi connectivity index (χ2v) is 5.66. The largest absolute Gasteiger partial charge is 0.326 e. The van der Waals surface area contributed by atoms with Crippen molar-refractivity contribution in [2.24, 2.45) is 11.1 Å². The zero-order chi connectivity index (χ0) is 14.4. The van der Waals surface area contributed by atoms with Crippen LogP contribution in [-0.4, -0.2) is 12.5 Å². The van der Waals surface area contributed by atoms with E-state index in [-0.39, 0.29) is 11.3 Å². The van der Waals surface area contributed by atoms with Crippen LogP contribution in [0.5, 0.6) is 0 Å². The Morgan fingerprint density at radius 3 is 2.50 bits per heavy atom. The molecule has 0 spiro atoms. The first-order chi connectivity index (χ1) is 9.64. The number of nitrogens with two attached hydrogens (primary N) is 1. The van der Waals surface area contributed by atoms with Gasteiger partial charge in [0, 0.05) is 16.7 Å². The Morgan fingerprint density at radius 2 is 1.90 bits per heavy atom. The van der Waals surface area contributed by atoms with E-state index in [2.05, 4.69) is 24.1 Å². The van der Waals surface area contributed by atoms with Gasteiger partial charge in [-0.1, -0.05) is 38.0 Å². The average molecular weight is 270 g/mol. The normalized spacial score (nSPS) is 16.9. The van der Waals surface area contributed by atoms with Crippen LogP contribution in [-0.2, 0) is 4.79 Å². The maximum absolute atomic E-state index is 12.4. The Morgan fingerprint density at radius 1 is 1.25 bits per heavy atom. The lowest BCUT2D eigenvalue weighted by Crippen LogP contribution is -2.35. The number of amides is 1. The summed E-state index contributed by atoms with van der Waals surface area (Å²) < 4.78 is 0. The van der Waals surface area contributed by atoms with E-state index in [1.165, 1.54) is 6.42 Å². The van der Waals surface area contributed by atoms with Crippen molar-refractivity contribution in [2.45, 2.75) is 39.0 Å². The molecule has 20 heavy (non-hydrogen) atoms. The molecular weight excluding hydrogens is 248 g/mol. The number of benzene rings is 1. The van der Waals surface area contributed by atoms with E-state index in [0.717, 1.165) is 36.9 Å². The molecule has 0 atom stereocenters. The molecule has 0 saturated heterocycles. The molecule has 3 N–H and O–H groups in total. The zero-order valence-corrected chi connectivity index (χ0v) is 12.0. The van der Waals surface area contributed by atoms with E-state index in [1.54, 1.807) is 0 Å². The van der Waals surface area contributed by atoms with Crippen LogP contribution in [0.2, 0.25) is 0 Å². The molecule has 1 aliphatic carbocycles. The summed E-state index contributed by atoms with van der Waals surface area (Å²) in [6.07, 6.45) is 5.52. The van der Waals surface area contributed by atoms with Crippen molar-refractivity contribution >= 4 is 11.6 Å². The Bertz CT molecular complexity index is 516. The smallest absolute Gasteiger partial charge is 0.230 e.